The maximum absolute atomic E-state index is 5.53. The lowest BCUT2D eigenvalue weighted by molar-refractivity contribution is 0.00120. The Morgan fingerprint density at radius 3 is 2.38 bits per heavy atom. The van der Waals surface area contributed by atoms with E-state index < -0.39 is 0 Å². The van der Waals surface area contributed by atoms with Gasteiger partial charge in [0.2, 0.25) is 0 Å². The largest absolute Gasteiger partial charge is 0.382 e. The maximum atomic E-state index is 5.53. The third-order valence-corrected chi connectivity index (χ3v) is 3.32. The molecule has 1 heterocycles. The van der Waals surface area contributed by atoms with Crippen LogP contribution in [0.1, 0.15) is 10.4 Å². The van der Waals surface area contributed by atoms with Crippen LogP contribution in [-0.2, 0) is 25.6 Å². The molecule has 1 aromatic rings. The topological polar surface area (TPSA) is 62.9 Å². The lowest BCUT2D eigenvalue weighted by atomic mass is 10.3. The van der Waals surface area contributed by atoms with Crippen LogP contribution in [0.3, 0.4) is 0 Å². The van der Waals surface area contributed by atoms with E-state index in [2.05, 4.69) is 11.8 Å². The summed E-state index contributed by atoms with van der Waals surface area (Å²) >= 11 is 1.64. The molecule has 118 valence electrons. The summed E-state index contributed by atoms with van der Waals surface area (Å²) in [5, 5.41) is 2.01. The van der Waals surface area contributed by atoms with E-state index in [1.54, 1.807) is 18.4 Å². The van der Waals surface area contributed by atoms with Crippen LogP contribution < -0.4 is 5.73 Å². The summed E-state index contributed by atoms with van der Waals surface area (Å²) in [6.45, 7) is 4.48. The zero-order chi connectivity index (χ0) is 15.2. The van der Waals surface area contributed by atoms with Crippen LogP contribution in [0.25, 0.3) is 0 Å². The van der Waals surface area contributed by atoms with Crippen LogP contribution in [0.2, 0.25) is 0 Å². The molecule has 0 aromatic carbocycles. The van der Waals surface area contributed by atoms with Crippen molar-refractivity contribution >= 4 is 11.3 Å². The molecule has 0 aliphatic carbocycles. The molecule has 0 atom stereocenters. The summed E-state index contributed by atoms with van der Waals surface area (Å²) in [6, 6.07) is 2.03. The molecule has 0 saturated carbocycles. The van der Waals surface area contributed by atoms with Crippen LogP contribution in [-0.4, -0.2) is 53.3 Å². The van der Waals surface area contributed by atoms with Gasteiger partial charge in [-0.3, -0.25) is 0 Å². The highest BCUT2D eigenvalue weighted by atomic mass is 32.1. The van der Waals surface area contributed by atoms with Gasteiger partial charge in [-0.25, -0.2) is 0 Å². The highest BCUT2D eigenvalue weighted by Crippen LogP contribution is 2.14. The number of hydrogen-bond acceptors (Lipinski definition) is 6. The van der Waals surface area contributed by atoms with Crippen molar-refractivity contribution in [2.75, 3.05) is 53.3 Å². The number of hydrogen-bond donors (Lipinski definition) is 1. The number of rotatable bonds is 11. The minimum Gasteiger partial charge on any atom is -0.382 e. The van der Waals surface area contributed by atoms with Crippen LogP contribution in [0.15, 0.2) is 11.4 Å². The van der Waals surface area contributed by atoms with Crippen LogP contribution in [0, 0.1) is 11.8 Å². The second-order valence-electron chi connectivity index (χ2n) is 4.08. The van der Waals surface area contributed by atoms with E-state index in [0.29, 0.717) is 52.8 Å². The van der Waals surface area contributed by atoms with E-state index in [-0.39, 0.29) is 0 Å². The Hall–Kier alpha value is -0.940. The van der Waals surface area contributed by atoms with Gasteiger partial charge >= 0.3 is 0 Å². The molecule has 0 aliphatic rings. The summed E-state index contributed by atoms with van der Waals surface area (Å²) < 4.78 is 21.1. The molecular formula is C15H23NO4S. The zero-order valence-electron chi connectivity index (χ0n) is 12.4. The van der Waals surface area contributed by atoms with Gasteiger partial charge in [0.25, 0.3) is 0 Å². The Morgan fingerprint density at radius 2 is 1.71 bits per heavy atom. The van der Waals surface area contributed by atoms with Gasteiger partial charge in [0.1, 0.15) is 0 Å². The molecule has 0 fully saturated rings. The first-order valence-corrected chi connectivity index (χ1v) is 7.73. The van der Waals surface area contributed by atoms with Gasteiger partial charge in [0.05, 0.1) is 52.8 Å². The Kier molecular flexibility index (Phi) is 11.0. The summed E-state index contributed by atoms with van der Waals surface area (Å²) in [6.07, 6.45) is 0. The Labute approximate surface area is 130 Å². The number of methoxy groups -OCH3 is 1. The van der Waals surface area contributed by atoms with Gasteiger partial charge in [0, 0.05) is 22.9 Å². The standard InChI is InChI=1S/C15H23NO4S/c1-17-5-6-18-7-8-19-9-10-20-12-15-11-14(13-21-15)3-2-4-16/h11,13H,4-10,12,16H2,1H3. The van der Waals surface area contributed by atoms with Crippen molar-refractivity contribution in [3.05, 3.63) is 21.9 Å². The molecule has 0 radical (unpaired) electrons. The zero-order valence-corrected chi connectivity index (χ0v) is 13.2. The van der Waals surface area contributed by atoms with Crippen molar-refractivity contribution in [2.24, 2.45) is 5.73 Å². The number of nitrogens with two attached hydrogens (primary N) is 1. The van der Waals surface area contributed by atoms with Crippen molar-refractivity contribution in [1.82, 2.24) is 0 Å². The van der Waals surface area contributed by atoms with Crippen molar-refractivity contribution in [1.29, 1.82) is 0 Å². The molecular weight excluding hydrogens is 290 g/mol. The third kappa shape index (κ3) is 9.58. The minimum atomic E-state index is 0.383. The van der Waals surface area contributed by atoms with E-state index in [1.165, 1.54) is 0 Å². The first-order valence-electron chi connectivity index (χ1n) is 6.85. The summed E-state index contributed by atoms with van der Waals surface area (Å²) in [5.41, 5.74) is 6.33. The van der Waals surface area contributed by atoms with Crippen LogP contribution >= 0.6 is 11.3 Å². The molecule has 6 heteroatoms. The van der Waals surface area contributed by atoms with Crippen molar-refractivity contribution < 1.29 is 18.9 Å². The predicted molar refractivity (Wildman–Crippen MR) is 83.4 cm³/mol. The normalized spacial score (nSPS) is 10.4. The monoisotopic (exact) mass is 313 g/mol. The molecule has 2 N–H and O–H groups in total. The van der Waals surface area contributed by atoms with Gasteiger partial charge in [-0.2, -0.15) is 0 Å². The van der Waals surface area contributed by atoms with Crippen LogP contribution in [0.5, 0.6) is 0 Å². The minimum absolute atomic E-state index is 0.383. The van der Waals surface area contributed by atoms with Crippen LogP contribution in [0.4, 0.5) is 0 Å². The van der Waals surface area contributed by atoms with E-state index in [4.69, 9.17) is 24.7 Å². The highest BCUT2D eigenvalue weighted by Gasteiger charge is 1.98. The third-order valence-electron chi connectivity index (χ3n) is 2.41. The smallest absolute Gasteiger partial charge is 0.0810 e. The first kappa shape index (κ1) is 18.1. The summed E-state index contributed by atoms with van der Waals surface area (Å²) in [7, 11) is 1.65. The lowest BCUT2D eigenvalue weighted by Gasteiger charge is -2.06. The van der Waals surface area contributed by atoms with Gasteiger partial charge in [-0.15, -0.1) is 11.3 Å². The lowest BCUT2D eigenvalue weighted by Crippen LogP contribution is -2.11. The molecule has 0 bridgehead atoms. The SMILES string of the molecule is COCCOCCOCCOCc1cc(C#CCN)cs1. The summed E-state index contributed by atoms with van der Waals surface area (Å²) in [4.78, 5) is 1.15. The van der Waals surface area contributed by atoms with Gasteiger partial charge < -0.3 is 24.7 Å². The van der Waals surface area contributed by atoms with E-state index >= 15 is 0 Å². The fourth-order valence-electron chi connectivity index (χ4n) is 1.43. The van der Waals surface area contributed by atoms with Crippen molar-refractivity contribution in [3.8, 4) is 11.8 Å². The molecule has 5 nitrogen and oxygen atoms in total. The first-order chi connectivity index (χ1) is 10.4. The number of ether oxygens (including phenoxy) is 4. The van der Waals surface area contributed by atoms with Crippen molar-refractivity contribution in [2.45, 2.75) is 6.61 Å². The van der Waals surface area contributed by atoms with E-state index in [9.17, 15) is 0 Å². The average molecular weight is 313 g/mol. The van der Waals surface area contributed by atoms with E-state index in [1.807, 2.05) is 11.4 Å². The second kappa shape index (κ2) is 12.8. The average Bonchev–Trinajstić information content (AvgIpc) is 2.95. The van der Waals surface area contributed by atoms with Gasteiger partial charge in [0.15, 0.2) is 0 Å². The molecule has 0 saturated heterocycles. The van der Waals surface area contributed by atoms with Gasteiger partial charge in [-0.05, 0) is 6.07 Å². The molecule has 1 aromatic heterocycles. The predicted octanol–water partition coefficient (Wildman–Crippen LogP) is 1.25. The molecule has 21 heavy (non-hydrogen) atoms. The molecule has 0 spiro atoms. The highest BCUT2D eigenvalue weighted by molar-refractivity contribution is 7.10. The molecule has 0 amide bonds. The molecule has 0 unspecified atom stereocenters. The Balaban J connectivity index is 1.95. The maximum Gasteiger partial charge on any atom is 0.0810 e. The molecule has 0 aliphatic heterocycles. The summed E-state index contributed by atoms with van der Waals surface area (Å²) in [5.74, 6) is 5.83. The second-order valence-corrected chi connectivity index (χ2v) is 5.07. The fraction of sp³-hybridized carbons (Fsp3) is 0.600. The Bertz CT molecular complexity index is 425. The molecule has 1 rings (SSSR count). The van der Waals surface area contributed by atoms with E-state index in [0.717, 1.165) is 10.4 Å². The fourth-order valence-corrected chi connectivity index (χ4v) is 2.18. The Morgan fingerprint density at radius 1 is 1.05 bits per heavy atom. The number of thiophene rings is 1. The quantitative estimate of drug-likeness (QED) is 0.492. The van der Waals surface area contributed by atoms with Crippen molar-refractivity contribution in [3.63, 3.8) is 0 Å². The van der Waals surface area contributed by atoms with Gasteiger partial charge in [-0.1, -0.05) is 11.8 Å².